The van der Waals surface area contributed by atoms with Crippen molar-refractivity contribution >= 4 is 21.4 Å². The fourth-order valence-corrected chi connectivity index (χ4v) is 6.16. The summed E-state index contributed by atoms with van der Waals surface area (Å²) in [5.74, 6) is 0.849. The van der Waals surface area contributed by atoms with Crippen molar-refractivity contribution in [1.82, 2.24) is 24.7 Å². The van der Waals surface area contributed by atoms with E-state index in [0.29, 0.717) is 22.3 Å². The molecule has 0 radical (unpaired) electrons. The van der Waals surface area contributed by atoms with Crippen LogP contribution in [0.5, 0.6) is 5.75 Å². The van der Waals surface area contributed by atoms with Gasteiger partial charge in [0.05, 0.1) is 23.1 Å². The molecule has 1 aliphatic carbocycles. The van der Waals surface area contributed by atoms with Crippen LogP contribution in [0.3, 0.4) is 0 Å². The van der Waals surface area contributed by atoms with Gasteiger partial charge in [0.15, 0.2) is 21.5 Å². The molecule has 0 amide bonds. The zero-order chi connectivity index (χ0) is 26.3. The van der Waals surface area contributed by atoms with Gasteiger partial charge in [-0.3, -0.25) is 4.57 Å². The zero-order valence-electron chi connectivity index (χ0n) is 20.8. The third kappa shape index (κ3) is 5.09. The van der Waals surface area contributed by atoms with Crippen molar-refractivity contribution in [3.05, 3.63) is 58.7 Å². The summed E-state index contributed by atoms with van der Waals surface area (Å²) < 4.78 is 54.3. The molecule has 2 heterocycles. The molecule has 4 rings (SSSR count). The molecule has 2 aromatic heterocycles. The summed E-state index contributed by atoms with van der Waals surface area (Å²) >= 11 is 5.88. The van der Waals surface area contributed by atoms with E-state index >= 15 is 0 Å². The maximum absolute atomic E-state index is 14.4. The van der Waals surface area contributed by atoms with Gasteiger partial charge in [-0.05, 0) is 45.2 Å². The summed E-state index contributed by atoms with van der Waals surface area (Å²) in [7, 11) is -0.905. The average molecular weight is 538 g/mol. The van der Waals surface area contributed by atoms with Gasteiger partial charge in [0.2, 0.25) is 0 Å². The Bertz CT molecular complexity index is 1340. The van der Waals surface area contributed by atoms with Crippen LogP contribution in [-0.4, -0.2) is 58.3 Å². The number of hydrogen-bond acceptors (Lipinski definition) is 8. The zero-order valence-corrected chi connectivity index (χ0v) is 22.3. The minimum Gasteiger partial charge on any atom is -0.495 e. The fourth-order valence-electron chi connectivity index (χ4n) is 4.64. The molecule has 0 spiro atoms. The normalized spacial score (nSPS) is 21.6. The lowest BCUT2D eigenvalue weighted by Crippen LogP contribution is -2.36. The highest BCUT2D eigenvalue weighted by Gasteiger charge is 2.45. The van der Waals surface area contributed by atoms with E-state index < -0.39 is 32.6 Å². The van der Waals surface area contributed by atoms with E-state index in [-0.39, 0.29) is 30.4 Å². The summed E-state index contributed by atoms with van der Waals surface area (Å²) in [5.41, 5.74) is 0.186. The predicted molar refractivity (Wildman–Crippen MR) is 133 cm³/mol. The Balaban J connectivity index is 1.75. The molecule has 0 N–H and O–H groups in total. The minimum absolute atomic E-state index is 0.195. The van der Waals surface area contributed by atoms with Gasteiger partial charge in [0.25, 0.3) is 0 Å². The Kier molecular flexibility index (Phi) is 7.36. The number of para-hydroxylation sites is 1. The van der Waals surface area contributed by atoms with E-state index in [1.807, 2.05) is 19.1 Å². The number of ether oxygens (including phenoxy) is 2. The van der Waals surface area contributed by atoms with E-state index in [2.05, 4.69) is 20.2 Å². The Morgan fingerprint density at radius 2 is 1.89 bits per heavy atom. The van der Waals surface area contributed by atoms with Crippen LogP contribution in [0.2, 0.25) is 5.02 Å². The first-order chi connectivity index (χ1) is 17.0. The Morgan fingerprint density at radius 3 is 2.47 bits per heavy atom. The number of aryl methyl sites for hydroxylation is 1. The molecule has 2 atom stereocenters. The standard InChI is InChI=1S/C24H29ClFN5O4S/c1-14-7-6-8-18(34-4)20(14)31-19(29-30-23(31)16-9-24(3,26)10-16)13-36(32,33)15(2)21(35-5)22-27-11-17(25)12-28-22/h6-8,11-12,15-16,21H,9-10,13H2,1-5H3/t15-,16?,21-,24?/m0/s1. The van der Waals surface area contributed by atoms with Crippen molar-refractivity contribution < 1.29 is 22.3 Å². The average Bonchev–Trinajstić information content (AvgIpc) is 3.20. The molecule has 9 nitrogen and oxygen atoms in total. The highest BCUT2D eigenvalue weighted by Crippen LogP contribution is 2.47. The van der Waals surface area contributed by atoms with Gasteiger partial charge in [-0.1, -0.05) is 23.7 Å². The highest BCUT2D eigenvalue weighted by atomic mass is 35.5. The number of methoxy groups -OCH3 is 2. The summed E-state index contributed by atoms with van der Waals surface area (Å²) in [5, 5.41) is 7.92. The molecule has 1 aromatic carbocycles. The third-order valence-electron chi connectivity index (χ3n) is 6.58. The van der Waals surface area contributed by atoms with Crippen LogP contribution < -0.4 is 4.74 Å². The smallest absolute Gasteiger partial charge is 0.163 e. The number of hydrogen-bond donors (Lipinski definition) is 0. The Labute approximate surface area is 215 Å². The van der Waals surface area contributed by atoms with E-state index in [1.165, 1.54) is 33.5 Å². The monoisotopic (exact) mass is 537 g/mol. The lowest BCUT2D eigenvalue weighted by Gasteiger charge is -2.38. The molecule has 1 aliphatic rings. The quantitative estimate of drug-likeness (QED) is 0.397. The van der Waals surface area contributed by atoms with Crippen molar-refractivity contribution in [2.24, 2.45) is 0 Å². The van der Waals surface area contributed by atoms with Gasteiger partial charge in [-0.15, -0.1) is 10.2 Å². The van der Waals surface area contributed by atoms with Gasteiger partial charge < -0.3 is 9.47 Å². The van der Waals surface area contributed by atoms with Gasteiger partial charge >= 0.3 is 0 Å². The molecular formula is C24H29ClFN5O4S. The van der Waals surface area contributed by atoms with Gasteiger partial charge in [-0.25, -0.2) is 22.8 Å². The van der Waals surface area contributed by atoms with Crippen LogP contribution in [0, 0.1) is 6.92 Å². The van der Waals surface area contributed by atoms with Crippen LogP contribution in [0.4, 0.5) is 4.39 Å². The fraction of sp³-hybridized carbons (Fsp3) is 0.500. The van der Waals surface area contributed by atoms with Gasteiger partial charge in [0.1, 0.15) is 29.1 Å². The molecule has 0 saturated heterocycles. The number of alkyl halides is 1. The van der Waals surface area contributed by atoms with Crippen molar-refractivity contribution in [1.29, 1.82) is 0 Å². The van der Waals surface area contributed by atoms with Gasteiger partial charge in [-0.2, -0.15) is 0 Å². The second-order valence-electron chi connectivity index (χ2n) is 9.38. The van der Waals surface area contributed by atoms with Crippen molar-refractivity contribution in [2.75, 3.05) is 14.2 Å². The maximum Gasteiger partial charge on any atom is 0.163 e. The van der Waals surface area contributed by atoms with Crippen LogP contribution in [0.25, 0.3) is 5.69 Å². The lowest BCUT2D eigenvalue weighted by molar-refractivity contribution is 0.0574. The summed E-state index contributed by atoms with van der Waals surface area (Å²) in [6, 6.07) is 5.52. The first-order valence-electron chi connectivity index (χ1n) is 11.5. The summed E-state index contributed by atoms with van der Waals surface area (Å²) in [6.07, 6.45) is 2.42. The predicted octanol–water partition coefficient (Wildman–Crippen LogP) is 4.32. The first kappa shape index (κ1) is 26.4. The minimum atomic E-state index is -3.85. The second-order valence-corrected chi connectivity index (χ2v) is 12.2. The lowest BCUT2D eigenvalue weighted by atomic mass is 9.73. The Hall–Kier alpha value is -2.63. The van der Waals surface area contributed by atoms with Crippen LogP contribution >= 0.6 is 11.6 Å². The highest BCUT2D eigenvalue weighted by molar-refractivity contribution is 7.91. The number of rotatable bonds is 9. The molecule has 0 unspecified atom stereocenters. The van der Waals surface area contributed by atoms with Gasteiger partial charge in [0, 0.05) is 25.4 Å². The summed E-state index contributed by atoms with van der Waals surface area (Å²) in [6.45, 7) is 4.98. The molecule has 1 saturated carbocycles. The number of benzene rings is 1. The van der Waals surface area contributed by atoms with E-state index in [4.69, 9.17) is 21.1 Å². The molecule has 194 valence electrons. The molecule has 0 aliphatic heterocycles. The molecule has 3 aromatic rings. The topological polar surface area (TPSA) is 109 Å². The number of sulfone groups is 1. The van der Waals surface area contributed by atoms with Crippen LogP contribution in [-0.2, 0) is 20.3 Å². The third-order valence-corrected chi connectivity index (χ3v) is 8.82. The maximum atomic E-state index is 14.4. The largest absolute Gasteiger partial charge is 0.495 e. The van der Waals surface area contributed by atoms with Crippen LogP contribution in [0.1, 0.15) is 61.7 Å². The molecular weight excluding hydrogens is 509 g/mol. The molecule has 1 fully saturated rings. The van der Waals surface area contributed by atoms with E-state index in [0.717, 1.165) is 5.56 Å². The van der Waals surface area contributed by atoms with E-state index in [9.17, 15) is 12.8 Å². The molecule has 0 bridgehead atoms. The Morgan fingerprint density at radius 1 is 1.22 bits per heavy atom. The van der Waals surface area contributed by atoms with Crippen LogP contribution in [0.15, 0.2) is 30.6 Å². The molecule has 12 heteroatoms. The molecule has 36 heavy (non-hydrogen) atoms. The SMILES string of the molecule is COc1cccc(C)c1-n1c(CS(=O)(=O)[C@@H](C)[C@H](OC)c2ncc(Cl)cn2)nnc1C1CC(C)(F)C1. The number of aromatic nitrogens is 5. The van der Waals surface area contributed by atoms with Crippen molar-refractivity contribution in [2.45, 2.75) is 62.3 Å². The van der Waals surface area contributed by atoms with Crippen molar-refractivity contribution in [3.63, 3.8) is 0 Å². The number of halogens is 2. The number of nitrogens with zero attached hydrogens (tertiary/aromatic N) is 5. The van der Waals surface area contributed by atoms with Crippen molar-refractivity contribution in [3.8, 4) is 11.4 Å². The first-order valence-corrected chi connectivity index (χ1v) is 13.6. The summed E-state index contributed by atoms with van der Waals surface area (Å²) in [4.78, 5) is 8.26. The van der Waals surface area contributed by atoms with E-state index in [1.54, 1.807) is 17.6 Å². The second kappa shape index (κ2) is 10.0.